The highest BCUT2D eigenvalue weighted by Gasteiger charge is 2.61. The van der Waals surface area contributed by atoms with Gasteiger partial charge in [-0.1, -0.05) is 0 Å². The number of ether oxygens (including phenoxy) is 2. The number of nitrogens with zero attached hydrogens (tertiary/aromatic N) is 1. The van der Waals surface area contributed by atoms with E-state index < -0.39 is 41.9 Å². The molecule has 0 radical (unpaired) electrons. The highest BCUT2D eigenvalue weighted by Crippen LogP contribution is 2.44. The van der Waals surface area contributed by atoms with E-state index in [2.05, 4.69) is 4.98 Å². The summed E-state index contributed by atoms with van der Waals surface area (Å²) in [5.41, 5.74) is -1.96. The smallest absolute Gasteiger partial charge is 0.330 e. The minimum Gasteiger partial charge on any atom is -0.393 e. The highest BCUT2D eigenvalue weighted by molar-refractivity contribution is 5.09. The first-order valence-electron chi connectivity index (χ1n) is 5.89. The molecule has 0 aliphatic carbocycles. The third kappa shape index (κ3) is 1.61. The van der Waals surface area contributed by atoms with E-state index in [-0.39, 0.29) is 6.61 Å². The summed E-state index contributed by atoms with van der Waals surface area (Å²) in [4.78, 5) is 25.3. The van der Waals surface area contributed by atoms with Gasteiger partial charge in [0.1, 0.15) is 17.8 Å². The van der Waals surface area contributed by atoms with Crippen molar-refractivity contribution in [3.8, 4) is 0 Å². The standard InChI is InChI=1S/C11H14N2O6/c1-5-2-13(10(17)12-8(5)16)9-6-7(15)11(3-14,19-9)4-18-6/h2,6-7,9,14-15H,3-4H2,1H3,(H,12,16,17)/t6-,7+,9+,11+/m1/s1. The van der Waals surface area contributed by atoms with Crippen LogP contribution in [-0.4, -0.2) is 50.8 Å². The molecule has 2 saturated heterocycles. The lowest BCUT2D eigenvalue weighted by atomic mass is 10.0. The van der Waals surface area contributed by atoms with Crippen LogP contribution >= 0.6 is 0 Å². The van der Waals surface area contributed by atoms with Gasteiger partial charge in [-0.25, -0.2) is 4.79 Å². The van der Waals surface area contributed by atoms with E-state index in [1.165, 1.54) is 10.8 Å². The summed E-state index contributed by atoms with van der Waals surface area (Å²) in [5, 5.41) is 19.4. The Bertz CT molecular complexity index is 622. The minimum atomic E-state index is -1.20. The number of aliphatic hydroxyl groups is 2. The number of aliphatic hydroxyl groups excluding tert-OH is 2. The molecule has 0 amide bonds. The molecule has 3 rings (SSSR count). The second kappa shape index (κ2) is 4.01. The van der Waals surface area contributed by atoms with Crippen molar-refractivity contribution in [2.45, 2.75) is 31.0 Å². The quantitative estimate of drug-likeness (QED) is 0.565. The fourth-order valence-corrected chi connectivity index (χ4v) is 2.53. The molecular formula is C11H14N2O6. The molecule has 4 atom stereocenters. The first-order chi connectivity index (χ1) is 8.98. The van der Waals surface area contributed by atoms with E-state index in [1.54, 1.807) is 6.92 Å². The van der Waals surface area contributed by atoms with Crippen LogP contribution in [0.2, 0.25) is 0 Å². The molecule has 1 aromatic heterocycles. The second-order valence-corrected chi connectivity index (χ2v) is 4.93. The van der Waals surface area contributed by atoms with Crippen molar-refractivity contribution in [3.63, 3.8) is 0 Å². The van der Waals surface area contributed by atoms with E-state index in [0.717, 1.165) is 0 Å². The number of aromatic nitrogens is 2. The third-order valence-corrected chi connectivity index (χ3v) is 3.69. The fraction of sp³-hybridized carbons (Fsp3) is 0.636. The van der Waals surface area contributed by atoms with Crippen LogP contribution in [0.25, 0.3) is 0 Å². The number of nitrogens with one attached hydrogen (secondary N) is 1. The van der Waals surface area contributed by atoms with Gasteiger partial charge < -0.3 is 19.7 Å². The molecule has 8 nitrogen and oxygen atoms in total. The van der Waals surface area contributed by atoms with Gasteiger partial charge in [-0.2, -0.15) is 0 Å². The molecule has 3 heterocycles. The van der Waals surface area contributed by atoms with Gasteiger partial charge in [0.15, 0.2) is 6.23 Å². The fourth-order valence-electron chi connectivity index (χ4n) is 2.53. The number of aromatic amines is 1. The zero-order chi connectivity index (χ0) is 13.8. The molecule has 0 unspecified atom stereocenters. The van der Waals surface area contributed by atoms with Crippen LogP contribution in [0.15, 0.2) is 15.8 Å². The van der Waals surface area contributed by atoms with Crippen LogP contribution < -0.4 is 11.2 Å². The van der Waals surface area contributed by atoms with Crippen molar-refractivity contribution >= 4 is 0 Å². The second-order valence-electron chi connectivity index (χ2n) is 4.93. The maximum atomic E-state index is 11.8. The topological polar surface area (TPSA) is 114 Å². The van der Waals surface area contributed by atoms with Gasteiger partial charge in [0.05, 0.1) is 13.2 Å². The van der Waals surface area contributed by atoms with Crippen LogP contribution in [0.5, 0.6) is 0 Å². The van der Waals surface area contributed by atoms with Gasteiger partial charge in [-0.05, 0) is 6.92 Å². The molecule has 2 fully saturated rings. The maximum absolute atomic E-state index is 11.8. The predicted molar refractivity (Wildman–Crippen MR) is 61.7 cm³/mol. The number of fused-ring (bicyclic) bond motifs is 2. The molecular weight excluding hydrogens is 256 g/mol. The first kappa shape index (κ1) is 12.5. The van der Waals surface area contributed by atoms with Gasteiger partial charge in [0.25, 0.3) is 5.56 Å². The van der Waals surface area contributed by atoms with E-state index in [0.29, 0.717) is 5.56 Å². The molecule has 19 heavy (non-hydrogen) atoms. The van der Waals surface area contributed by atoms with Crippen molar-refractivity contribution in [1.82, 2.24) is 9.55 Å². The minimum absolute atomic E-state index is 0.0723. The molecule has 1 aromatic rings. The van der Waals surface area contributed by atoms with E-state index in [4.69, 9.17) is 9.47 Å². The lowest BCUT2D eigenvalue weighted by Crippen LogP contribution is -2.44. The average Bonchev–Trinajstić information content (AvgIpc) is 2.85. The van der Waals surface area contributed by atoms with E-state index in [9.17, 15) is 19.8 Å². The van der Waals surface area contributed by atoms with Crippen LogP contribution in [0.3, 0.4) is 0 Å². The van der Waals surface area contributed by atoms with Crippen LogP contribution in [0.1, 0.15) is 11.8 Å². The number of hydrogen-bond acceptors (Lipinski definition) is 6. The van der Waals surface area contributed by atoms with Crippen molar-refractivity contribution in [2.75, 3.05) is 13.2 Å². The van der Waals surface area contributed by atoms with Crippen molar-refractivity contribution in [1.29, 1.82) is 0 Å². The largest absolute Gasteiger partial charge is 0.393 e. The molecule has 0 aromatic carbocycles. The van der Waals surface area contributed by atoms with Gasteiger partial charge in [-0.3, -0.25) is 14.3 Å². The van der Waals surface area contributed by atoms with Gasteiger partial charge in [0.2, 0.25) is 0 Å². The number of hydrogen-bond donors (Lipinski definition) is 3. The average molecular weight is 270 g/mol. The lowest BCUT2D eigenvalue weighted by molar-refractivity contribution is -0.187. The Morgan fingerprint density at radius 2 is 2.32 bits per heavy atom. The summed E-state index contributed by atoms with van der Waals surface area (Å²) in [7, 11) is 0. The Labute approximate surface area is 107 Å². The zero-order valence-electron chi connectivity index (χ0n) is 10.2. The van der Waals surface area contributed by atoms with Crippen molar-refractivity contribution < 1.29 is 19.7 Å². The Morgan fingerprint density at radius 3 is 2.95 bits per heavy atom. The SMILES string of the molecule is Cc1cn([C@H]2O[C@@]3(CO)CO[C@@H]2[C@@H]3O)c(=O)[nH]c1=O. The van der Waals surface area contributed by atoms with E-state index in [1.807, 2.05) is 0 Å². The van der Waals surface area contributed by atoms with Crippen LogP contribution in [0, 0.1) is 6.92 Å². The summed E-state index contributed by atoms with van der Waals surface area (Å²) < 4.78 is 12.1. The summed E-state index contributed by atoms with van der Waals surface area (Å²) >= 11 is 0. The summed E-state index contributed by atoms with van der Waals surface area (Å²) in [6.07, 6.45) is -1.26. The maximum Gasteiger partial charge on any atom is 0.330 e. The Morgan fingerprint density at radius 1 is 1.58 bits per heavy atom. The van der Waals surface area contributed by atoms with Gasteiger partial charge in [0, 0.05) is 11.8 Å². The molecule has 104 valence electrons. The molecule has 0 saturated carbocycles. The number of H-pyrrole nitrogens is 1. The van der Waals surface area contributed by atoms with Crippen molar-refractivity contribution in [3.05, 3.63) is 32.6 Å². The summed E-state index contributed by atoms with van der Waals surface area (Å²) in [6, 6.07) is 0. The van der Waals surface area contributed by atoms with Crippen molar-refractivity contribution in [2.24, 2.45) is 0 Å². The molecule has 2 aliphatic rings. The Balaban J connectivity index is 2.04. The zero-order valence-corrected chi connectivity index (χ0v) is 10.2. The Hall–Kier alpha value is -1.48. The molecule has 0 spiro atoms. The van der Waals surface area contributed by atoms with Gasteiger partial charge in [-0.15, -0.1) is 0 Å². The Kier molecular flexibility index (Phi) is 2.65. The molecule has 8 heteroatoms. The molecule has 3 N–H and O–H groups in total. The summed E-state index contributed by atoms with van der Waals surface area (Å²) in [6.45, 7) is 1.22. The van der Waals surface area contributed by atoms with Crippen LogP contribution in [-0.2, 0) is 9.47 Å². The van der Waals surface area contributed by atoms with Gasteiger partial charge >= 0.3 is 5.69 Å². The normalized spacial score (nSPS) is 36.9. The molecule has 2 bridgehead atoms. The number of aryl methyl sites for hydroxylation is 1. The predicted octanol–water partition coefficient (Wildman–Crippen LogP) is -2.14. The highest BCUT2D eigenvalue weighted by atomic mass is 16.7. The third-order valence-electron chi connectivity index (χ3n) is 3.69. The monoisotopic (exact) mass is 270 g/mol. The molecule has 2 aliphatic heterocycles. The summed E-state index contributed by atoms with van der Waals surface area (Å²) in [5.74, 6) is 0. The first-order valence-corrected chi connectivity index (χ1v) is 5.89. The van der Waals surface area contributed by atoms with E-state index >= 15 is 0 Å². The number of rotatable bonds is 2. The van der Waals surface area contributed by atoms with Crippen LogP contribution in [0.4, 0.5) is 0 Å². The lowest BCUT2D eigenvalue weighted by Gasteiger charge is -2.29.